The van der Waals surface area contributed by atoms with Gasteiger partial charge in [0.1, 0.15) is 11.2 Å². The zero-order valence-corrected chi connectivity index (χ0v) is 10.2. The number of nitrogens with one attached hydrogen (secondary N) is 2. The van der Waals surface area contributed by atoms with E-state index in [0.717, 1.165) is 12.4 Å². The van der Waals surface area contributed by atoms with E-state index in [9.17, 15) is 19.5 Å². The molecule has 7 nitrogen and oxygen atoms in total. The molecule has 0 saturated carbocycles. The Morgan fingerprint density at radius 1 is 1.44 bits per heavy atom. The van der Waals surface area contributed by atoms with Crippen molar-refractivity contribution in [3.63, 3.8) is 0 Å². The number of carbonyl (C=O) groups is 2. The standard InChI is InChI=1S/C11H15N3O4/c1-3-11(4-2,10(17)18)14-9(16)7-5-13-8(15)6-12-7/h5-6H,3-4H2,1-2H3,(H,13,15)(H,14,16)(H,17,18). The van der Waals surface area contributed by atoms with Crippen LogP contribution in [0.5, 0.6) is 0 Å². The van der Waals surface area contributed by atoms with Crippen LogP contribution in [-0.2, 0) is 4.79 Å². The van der Waals surface area contributed by atoms with Crippen LogP contribution in [0.25, 0.3) is 0 Å². The Bertz CT molecular complexity index is 485. The average molecular weight is 253 g/mol. The summed E-state index contributed by atoms with van der Waals surface area (Å²) in [5.41, 5.74) is -1.77. The van der Waals surface area contributed by atoms with Crippen molar-refractivity contribution in [1.29, 1.82) is 0 Å². The van der Waals surface area contributed by atoms with Crippen LogP contribution >= 0.6 is 0 Å². The van der Waals surface area contributed by atoms with Crippen LogP contribution in [0.4, 0.5) is 0 Å². The number of amides is 1. The van der Waals surface area contributed by atoms with Crippen LogP contribution in [0.2, 0.25) is 0 Å². The highest BCUT2D eigenvalue weighted by atomic mass is 16.4. The topological polar surface area (TPSA) is 112 Å². The minimum Gasteiger partial charge on any atom is -0.480 e. The number of hydrogen-bond donors (Lipinski definition) is 3. The number of hydrogen-bond acceptors (Lipinski definition) is 4. The van der Waals surface area contributed by atoms with E-state index in [1.807, 2.05) is 0 Å². The first-order valence-electron chi connectivity index (χ1n) is 5.56. The first-order chi connectivity index (χ1) is 8.45. The molecule has 3 N–H and O–H groups in total. The molecule has 0 saturated heterocycles. The van der Waals surface area contributed by atoms with Crippen molar-refractivity contribution < 1.29 is 14.7 Å². The fourth-order valence-corrected chi connectivity index (χ4v) is 1.53. The van der Waals surface area contributed by atoms with Crippen LogP contribution in [-0.4, -0.2) is 32.5 Å². The maximum Gasteiger partial charge on any atom is 0.329 e. The molecule has 0 radical (unpaired) electrons. The highest BCUT2D eigenvalue weighted by Crippen LogP contribution is 2.15. The van der Waals surface area contributed by atoms with Crippen molar-refractivity contribution in [2.75, 3.05) is 0 Å². The van der Waals surface area contributed by atoms with E-state index in [2.05, 4.69) is 15.3 Å². The zero-order valence-electron chi connectivity index (χ0n) is 10.2. The van der Waals surface area contributed by atoms with Gasteiger partial charge in [-0.3, -0.25) is 9.59 Å². The maximum absolute atomic E-state index is 11.8. The summed E-state index contributed by atoms with van der Waals surface area (Å²) >= 11 is 0. The summed E-state index contributed by atoms with van der Waals surface area (Å²) in [6.45, 7) is 3.36. The van der Waals surface area contributed by atoms with E-state index >= 15 is 0 Å². The normalized spacial score (nSPS) is 11.0. The summed E-state index contributed by atoms with van der Waals surface area (Å²) in [5.74, 6) is -1.72. The van der Waals surface area contributed by atoms with Crippen LogP contribution < -0.4 is 10.9 Å². The highest BCUT2D eigenvalue weighted by Gasteiger charge is 2.36. The zero-order chi connectivity index (χ0) is 13.8. The molecule has 1 aromatic rings. The van der Waals surface area contributed by atoms with Crippen LogP contribution in [0, 0.1) is 0 Å². The van der Waals surface area contributed by atoms with Gasteiger partial charge in [-0.2, -0.15) is 0 Å². The quantitative estimate of drug-likeness (QED) is 0.691. The summed E-state index contributed by atoms with van der Waals surface area (Å²) in [4.78, 5) is 39.8. The van der Waals surface area contributed by atoms with Gasteiger partial charge < -0.3 is 15.4 Å². The lowest BCUT2D eigenvalue weighted by molar-refractivity contribution is -0.144. The molecule has 1 amide bonds. The fraction of sp³-hybridized carbons (Fsp3) is 0.455. The Hall–Kier alpha value is -2.18. The molecule has 0 spiro atoms. The van der Waals surface area contributed by atoms with Gasteiger partial charge in [0.05, 0.1) is 6.20 Å². The largest absolute Gasteiger partial charge is 0.480 e. The van der Waals surface area contributed by atoms with Crippen molar-refractivity contribution >= 4 is 11.9 Å². The lowest BCUT2D eigenvalue weighted by atomic mass is 9.93. The predicted molar refractivity (Wildman–Crippen MR) is 63.3 cm³/mol. The lowest BCUT2D eigenvalue weighted by Gasteiger charge is -2.27. The number of carboxylic acids is 1. The maximum atomic E-state index is 11.8. The molecule has 0 bridgehead atoms. The number of carboxylic acid groups (broad SMARTS) is 1. The molecular weight excluding hydrogens is 238 g/mol. The molecule has 0 aliphatic carbocycles. The Kier molecular flexibility index (Phi) is 4.19. The van der Waals surface area contributed by atoms with Crippen molar-refractivity contribution in [2.24, 2.45) is 0 Å². The molecule has 18 heavy (non-hydrogen) atoms. The molecule has 7 heteroatoms. The van der Waals surface area contributed by atoms with Crippen molar-refractivity contribution in [3.05, 3.63) is 28.4 Å². The third-order valence-corrected chi connectivity index (χ3v) is 2.87. The van der Waals surface area contributed by atoms with Crippen LogP contribution in [0.1, 0.15) is 37.2 Å². The third kappa shape index (κ3) is 2.73. The number of rotatable bonds is 5. The van der Waals surface area contributed by atoms with Gasteiger partial charge in [-0.1, -0.05) is 13.8 Å². The molecule has 1 aromatic heterocycles. The summed E-state index contributed by atoms with van der Waals surface area (Å²) in [7, 11) is 0. The number of aliphatic carboxylic acids is 1. The van der Waals surface area contributed by atoms with Gasteiger partial charge in [-0.05, 0) is 12.8 Å². The van der Waals surface area contributed by atoms with E-state index in [4.69, 9.17) is 0 Å². The molecule has 1 heterocycles. The second-order valence-corrected chi connectivity index (χ2v) is 3.84. The van der Waals surface area contributed by atoms with E-state index in [-0.39, 0.29) is 18.5 Å². The molecule has 1 rings (SSSR count). The Balaban J connectivity index is 2.95. The van der Waals surface area contributed by atoms with Gasteiger partial charge in [-0.15, -0.1) is 0 Å². The van der Waals surface area contributed by atoms with Crippen LogP contribution in [0.15, 0.2) is 17.2 Å². The first kappa shape index (κ1) is 13.9. The molecule has 0 unspecified atom stereocenters. The molecule has 0 atom stereocenters. The van der Waals surface area contributed by atoms with E-state index in [0.29, 0.717) is 0 Å². The number of aromatic amines is 1. The molecule has 0 aliphatic rings. The highest BCUT2D eigenvalue weighted by molar-refractivity contribution is 5.96. The molecule has 0 fully saturated rings. The number of aromatic nitrogens is 2. The van der Waals surface area contributed by atoms with Gasteiger partial charge in [0.15, 0.2) is 0 Å². The molecule has 0 aliphatic heterocycles. The third-order valence-electron chi connectivity index (χ3n) is 2.87. The monoisotopic (exact) mass is 253 g/mol. The van der Waals surface area contributed by atoms with Gasteiger partial charge in [0.2, 0.25) is 0 Å². The molecule has 0 aromatic carbocycles. The number of carbonyl (C=O) groups excluding carboxylic acids is 1. The van der Waals surface area contributed by atoms with Gasteiger partial charge in [0.25, 0.3) is 11.5 Å². The second kappa shape index (κ2) is 5.44. The minimum absolute atomic E-state index is 0.0258. The summed E-state index contributed by atoms with van der Waals surface area (Å²) in [6, 6.07) is 0. The smallest absolute Gasteiger partial charge is 0.329 e. The average Bonchev–Trinajstić information content (AvgIpc) is 2.36. The van der Waals surface area contributed by atoms with Crippen molar-refractivity contribution in [3.8, 4) is 0 Å². The van der Waals surface area contributed by atoms with Crippen molar-refractivity contribution in [2.45, 2.75) is 32.2 Å². The fourth-order valence-electron chi connectivity index (χ4n) is 1.53. The van der Waals surface area contributed by atoms with E-state index < -0.39 is 23.0 Å². The SMILES string of the molecule is CCC(CC)(NC(=O)c1c[nH]c(=O)cn1)C(=O)O. The van der Waals surface area contributed by atoms with E-state index in [1.54, 1.807) is 13.8 Å². The summed E-state index contributed by atoms with van der Waals surface area (Å²) in [6.07, 6.45) is 2.63. The van der Waals surface area contributed by atoms with E-state index in [1.165, 1.54) is 0 Å². The summed E-state index contributed by atoms with van der Waals surface area (Å²) < 4.78 is 0. The predicted octanol–water partition coefficient (Wildman–Crippen LogP) is 0.143. The first-order valence-corrected chi connectivity index (χ1v) is 5.56. The molecular formula is C11H15N3O4. The Labute approximate surface area is 103 Å². The van der Waals surface area contributed by atoms with Gasteiger partial charge >= 0.3 is 5.97 Å². The Morgan fingerprint density at radius 2 is 2.06 bits per heavy atom. The van der Waals surface area contributed by atoms with Crippen molar-refractivity contribution in [1.82, 2.24) is 15.3 Å². The second-order valence-electron chi connectivity index (χ2n) is 3.84. The van der Waals surface area contributed by atoms with Gasteiger partial charge in [0, 0.05) is 6.20 Å². The number of nitrogens with zero attached hydrogens (tertiary/aromatic N) is 1. The molecule has 98 valence electrons. The van der Waals surface area contributed by atoms with Crippen LogP contribution in [0.3, 0.4) is 0 Å². The Morgan fingerprint density at radius 3 is 2.44 bits per heavy atom. The van der Waals surface area contributed by atoms with Gasteiger partial charge in [-0.25, -0.2) is 9.78 Å². The lowest BCUT2D eigenvalue weighted by Crippen LogP contribution is -2.53. The summed E-state index contributed by atoms with van der Waals surface area (Å²) in [5, 5.41) is 11.6. The number of H-pyrrole nitrogens is 1. The minimum atomic E-state index is -1.31.